The Hall–Kier alpha value is -4.96. The first-order valence-corrected chi connectivity index (χ1v) is 19.0. The maximum Gasteiger partial charge on any atom is 0.174 e. The second kappa shape index (κ2) is 11.0. The zero-order valence-corrected chi connectivity index (χ0v) is 30.4. The van der Waals surface area contributed by atoms with Crippen molar-refractivity contribution >= 4 is 28.1 Å². The van der Waals surface area contributed by atoms with Gasteiger partial charge in [-0.2, -0.15) is 0 Å². The average molecular weight is 688 g/mol. The lowest BCUT2D eigenvalue weighted by Gasteiger charge is -2.41. The molecule has 52 heavy (non-hydrogen) atoms. The van der Waals surface area contributed by atoms with E-state index in [0.29, 0.717) is 5.75 Å². The molecule has 0 aromatic heterocycles. The van der Waals surface area contributed by atoms with Crippen LogP contribution in [0.5, 0.6) is 5.75 Å². The van der Waals surface area contributed by atoms with Crippen LogP contribution in [0.2, 0.25) is 0 Å². The summed E-state index contributed by atoms with van der Waals surface area (Å²) in [5.74, 6) is 0.127. The van der Waals surface area contributed by atoms with E-state index in [2.05, 4.69) is 99.4 Å². The minimum atomic E-state index is -0.911. The van der Waals surface area contributed by atoms with Crippen LogP contribution in [0.25, 0.3) is 33.5 Å². The van der Waals surface area contributed by atoms with Crippen LogP contribution in [0.3, 0.4) is 0 Å². The van der Waals surface area contributed by atoms with E-state index in [4.69, 9.17) is 4.74 Å². The fourth-order valence-corrected chi connectivity index (χ4v) is 10.3. The van der Waals surface area contributed by atoms with Crippen molar-refractivity contribution in [3.05, 3.63) is 153 Å². The van der Waals surface area contributed by atoms with Crippen molar-refractivity contribution < 1.29 is 13.5 Å². The van der Waals surface area contributed by atoms with Crippen molar-refractivity contribution in [2.75, 3.05) is 18.0 Å². The molecule has 1 unspecified atom stereocenters. The van der Waals surface area contributed by atoms with Gasteiger partial charge in [-0.05, 0) is 130 Å². The van der Waals surface area contributed by atoms with Crippen LogP contribution in [0, 0.1) is 11.6 Å². The molecular formula is C48H43F2NO. The van der Waals surface area contributed by atoms with E-state index in [1.807, 2.05) is 12.1 Å². The van der Waals surface area contributed by atoms with Gasteiger partial charge in [0.25, 0.3) is 0 Å². The van der Waals surface area contributed by atoms with E-state index in [-0.39, 0.29) is 17.0 Å². The molecule has 4 heteroatoms. The summed E-state index contributed by atoms with van der Waals surface area (Å²) in [7, 11) is 0. The topological polar surface area (TPSA) is 12.5 Å². The van der Waals surface area contributed by atoms with Gasteiger partial charge in [-0.25, -0.2) is 8.78 Å². The highest BCUT2D eigenvalue weighted by molar-refractivity contribution is 6.08. The Morgan fingerprint density at radius 3 is 2.25 bits per heavy atom. The third-order valence-corrected chi connectivity index (χ3v) is 12.9. The fourth-order valence-electron chi connectivity index (χ4n) is 10.3. The molecule has 0 N–H and O–H groups in total. The van der Waals surface area contributed by atoms with Gasteiger partial charge in [-0.1, -0.05) is 88.4 Å². The zero-order chi connectivity index (χ0) is 35.6. The highest BCUT2D eigenvalue weighted by Gasteiger charge is 2.47. The Labute approximate surface area is 305 Å². The summed E-state index contributed by atoms with van der Waals surface area (Å²) in [5.41, 5.74) is 12.5. The lowest BCUT2D eigenvalue weighted by atomic mass is 9.73. The molecule has 0 saturated carbocycles. The van der Waals surface area contributed by atoms with Crippen LogP contribution in [-0.2, 0) is 16.4 Å². The van der Waals surface area contributed by atoms with Gasteiger partial charge in [0.2, 0.25) is 0 Å². The highest BCUT2D eigenvalue weighted by Crippen LogP contribution is 2.60. The third kappa shape index (κ3) is 4.33. The number of hydrogen-bond donors (Lipinski definition) is 0. The number of ether oxygens (including phenoxy) is 1. The number of fused-ring (bicyclic) bond motifs is 10. The number of rotatable bonds is 3. The van der Waals surface area contributed by atoms with Crippen LogP contribution >= 0.6 is 0 Å². The van der Waals surface area contributed by atoms with Crippen LogP contribution in [-0.4, -0.2) is 13.1 Å². The van der Waals surface area contributed by atoms with Crippen molar-refractivity contribution in [3.8, 4) is 16.9 Å². The van der Waals surface area contributed by atoms with Gasteiger partial charge in [0.15, 0.2) is 5.60 Å². The first-order valence-electron chi connectivity index (χ1n) is 19.0. The van der Waals surface area contributed by atoms with Crippen LogP contribution in [0.15, 0.2) is 108 Å². The molecule has 0 amide bonds. The van der Waals surface area contributed by atoms with Gasteiger partial charge in [0, 0.05) is 46.1 Å². The summed E-state index contributed by atoms with van der Waals surface area (Å²) in [6.07, 6.45) is 12.4. The van der Waals surface area contributed by atoms with E-state index < -0.39 is 11.0 Å². The van der Waals surface area contributed by atoms with Crippen molar-refractivity contribution in [1.82, 2.24) is 0 Å². The summed E-state index contributed by atoms with van der Waals surface area (Å²) in [6.45, 7) is 11.2. The predicted molar refractivity (Wildman–Crippen MR) is 209 cm³/mol. The Morgan fingerprint density at radius 2 is 1.44 bits per heavy atom. The number of allylic oxidation sites excluding steroid dienone is 3. The van der Waals surface area contributed by atoms with Gasteiger partial charge in [-0.3, -0.25) is 0 Å². The molecular weight excluding hydrogens is 645 g/mol. The normalized spacial score (nSPS) is 22.0. The molecule has 5 aromatic rings. The van der Waals surface area contributed by atoms with Gasteiger partial charge in [-0.15, -0.1) is 0 Å². The van der Waals surface area contributed by atoms with Gasteiger partial charge in [0.05, 0.1) is 0 Å². The molecule has 2 aliphatic heterocycles. The molecule has 3 aliphatic carbocycles. The summed E-state index contributed by atoms with van der Waals surface area (Å²) in [5, 5.41) is 1.67. The summed E-state index contributed by atoms with van der Waals surface area (Å²) in [4.78, 5) is 2.49. The van der Waals surface area contributed by atoms with E-state index in [1.54, 1.807) is 12.1 Å². The minimum Gasteiger partial charge on any atom is -0.473 e. The SMILES string of the molecule is CC1(C)C2=C(CCC(C3(c4ccc(N5CCCCC5)cc4)C=Cc4c5c(c6ccc(F)cc6c4O3)-c3ccc(F)cc3C5(C)C)=C2)c2ccccc21. The number of hydrogen-bond acceptors (Lipinski definition) is 2. The molecule has 0 radical (unpaired) electrons. The number of benzene rings is 5. The quantitative estimate of drug-likeness (QED) is 0.187. The zero-order valence-electron chi connectivity index (χ0n) is 30.4. The summed E-state index contributed by atoms with van der Waals surface area (Å²) >= 11 is 0. The predicted octanol–water partition coefficient (Wildman–Crippen LogP) is 12.2. The van der Waals surface area contributed by atoms with Crippen LogP contribution in [0.4, 0.5) is 14.5 Å². The average Bonchev–Trinajstić information content (AvgIpc) is 3.54. The third-order valence-electron chi connectivity index (χ3n) is 12.9. The van der Waals surface area contributed by atoms with E-state index >= 15 is 4.39 Å². The maximum absolute atomic E-state index is 15.4. The van der Waals surface area contributed by atoms with Crippen molar-refractivity contribution in [1.29, 1.82) is 0 Å². The molecule has 260 valence electrons. The van der Waals surface area contributed by atoms with Crippen molar-refractivity contribution in [3.63, 3.8) is 0 Å². The molecule has 5 aliphatic rings. The monoisotopic (exact) mass is 687 g/mol. The summed E-state index contributed by atoms with van der Waals surface area (Å²) < 4.78 is 37.8. The number of halogens is 2. The standard InChI is InChI=1S/C48H43F2NO/c1-46(2)40-11-7-6-10-34(40)35-19-14-30(26-41(35)46)48(29-12-17-33(18-13-29)51-24-8-5-9-25-51)23-22-38-44-43(36-20-15-31(49)27-39(36)45(38)52-48)37-21-16-32(50)28-42(37)47(44,3)4/h6-7,10-13,15-18,20-23,26-28H,5,8-9,14,19,24-25H2,1-4H3. The summed E-state index contributed by atoms with van der Waals surface area (Å²) in [6, 6.07) is 28.0. The molecule has 2 heterocycles. The Bertz CT molecular complexity index is 2440. The number of anilines is 1. The molecule has 0 spiro atoms. The Kier molecular flexibility index (Phi) is 6.73. The maximum atomic E-state index is 15.4. The van der Waals surface area contributed by atoms with Crippen molar-refractivity contribution in [2.45, 2.75) is 76.2 Å². The number of piperidine rings is 1. The van der Waals surface area contributed by atoms with E-state index in [9.17, 15) is 4.39 Å². The Morgan fingerprint density at radius 1 is 0.692 bits per heavy atom. The van der Waals surface area contributed by atoms with Gasteiger partial charge < -0.3 is 9.64 Å². The second-order valence-electron chi connectivity index (χ2n) is 16.5. The van der Waals surface area contributed by atoms with Crippen LogP contribution < -0.4 is 9.64 Å². The van der Waals surface area contributed by atoms with Crippen LogP contribution in [0.1, 0.15) is 93.2 Å². The molecule has 10 rings (SSSR count). The molecule has 2 nitrogen and oxygen atoms in total. The molecule has 1 saturated heterocycles. The smallest absolute Gasteiger partial charge is 0.174 e. The van der Waals surface area contributed by atoms with Crippen molar-refractivity contribution in [2.24, 2.45) is 0 Å². The van der Waals surface area contributed by atoms with E-state index in [1.165, 1.54) is 64.9 Å². The lowest BCUT2D eigenvalue weighted by molar-refractivity contribution is 0.154. The molecule has 0 bridgehead atoms. The largest absolute Gasteiger partial charge is 0.473 e. The number of nitrogens with zero attached hydrogens (tertiary/aromatic N) is 1. The second-order valence-corrected chi connectivity index (χ2v) is 16.5. The fraction of sp³-hybridized carbons (Fsp3) is 0.292. The van der Waals surface area contributed by atoms with Gasteiger partial charge in [0.1, 0.15) is 17.4 Å². The van der Waals surface area contributed by atoms with E-state index in [0.717, 1.165) is 70.1 Å². The molecule has 1 atom stereocenters. The minimum absolute atomic E-state index is 0.144. The molecule has 1 fully saturated rings. The lowest BCUT2D eigenvalue weighted by Crippen LogP contribution is -2.37. The first kappa shape index (κ1) is 31.7. The highest BCUT2D eigenvalue weighted by atomic mass is 19.1. The van der Waals surface area contributed by atoms with Gasteiger partial charge >= 0.3 is 0 Å². The first-order chi connectivity index (χ1) is 25.1. The Balaban J connectivity index is 1.20. The molecule has 5 aromatic carbocycles.